The van der Waals surface area contributed by atoms with Crippen LogP contribution in [0.3, 0.4) is 0 Å². The van der Waals surface area contributed by atoms with Crippen molar-refractivity contribution in [3.8, 4) is 6.01 Å². The van der Waals surface area contributed by atoms with Gasteiger partial charge < -0.3 is 32.0 Å². The van der Waals surface area contributed by atoms with E-state index >= 15 is 0 Å². The predicted molar refractivity (Wildman–Crippen MR) is 190 cm³/mol. The van der Waals surface area contributed by atoms with Crippen LogP contribution < -0.4 is 27.3 Å². The Labute approximate surface area is 301 Å². The first-order valence-electron chi connectivity index (χ1n) is 15.8. The fourth-order valence-electron chi connectivity index (χ4n) is 3.92. The molecule has 2 aromatic heterocycles. The molecule has 0 spiro atoms. The fraction of sp³-hybridized carbons (Fsp3) is 0.471. The fourth-order valence-corrected chi connectivity index (χ4v) is 3.92. The monoisotopic (exact) mass is 744 g/mol. The topological polar surface area (TPSA) is 186 Å². The lowest BCUT2D eigenvalue weighted by Gasteiger charge is -2.17. The Hall–Kier alpha value is -4.84. The van der Waals surface area contributed by atoms with E-state index in [2.05, 4.69) is 75.9 Å². The number of nitrogens with zero attached hydrogens (tertiary/aromatic N) is 6. The first kappa shape index (κ1) is 47.2. The van der Waals surface area contributed by atoms with Gasteiger partial charge in [-0.05, 0) is 49.7 Å². The van der Waals surface area contributed by atoms with Crippen LogP contribution in [-0.4, -0.2) is 63.3 Å². The van der Waals surface area contributed by atoms with Crippen molar-refractivity contribution in [3.05, 3.63) is 83.4 Å². The number of methoxy groups -OCH3 is 2. The quantitative estimate of drug-likeness (QED) is 0.115. The Bertz CT molecular complexity index is 1520. The number of halogens is 6. The van der Waals surface area contributed by atoms with Crippen molar-refractivity contribution in [1.29, 1.82) is 0 Å². The van der Waals surface area contributed by atoms with Gasteiger partial charge in [-0.1, -0.05) is 81.9 Å². The summed E-state index contributed by atoms with van der Waals surface area (Å²) in [6, 6.07) is 20.2. The van der Waals surface area contributed by atoms with E-state index in [4.69, 9.17) is 17.2 Å². The molecule has 52 heavy (non-hydrogen) atoms. The van der Waals surface area contributed by atoms with Crippen LogP contribution in [0.15, 0.2) is 60.7 Å². The summed E-state index contributed by atoms with van der Waals surface area (Å²) in [5.41, 5.74) is 18.7. The van der Waals surface area contributed by atoms with Gasteiger partial charge in [0.1, 0.15) is 0 Å². The zero-order valence-corrected chi connectivity index (χ0v) is 29.2. The molecule has 4 aromatic rings. The third-order valence-corrected chi connectivity index (χ3v) is 6.60. The van der Waals surface area contributed by atoms with Gasteiger partial charge in [0.05, 0.1) is 7.11 Å². The van der Waals surface area contributed by atoms with E-state index in [9.17, 15) is 26.3 Å². The Morgan fingerprint density at radius 3 is 1.52 bits per heavy atom. The van der Waals surface area contributed by atoms with Crippen molar-refractivity contribution >= 4 is 17.8 Å². The second-order valence-electron chi connectivity index (χ2n) is 10.7. The summed E-state index contributed by atoms with van der Waals surface area (Å²) in [7, 11) is 4.38. The van der Waals surface area contributed by atoms with E-state index in [1.807, 2.05) is 43.3 Å². The minimum absolute atomic E-state index is 0. The van der Waals surface area contributed by atoms with Crippen LogP contribution in [-0.2, 0) is 29.9 Å². The molecule has 12 nitrogen and oxygen atoms in total. The van der Waals surface area contributed by atoms with Crippen LogP contribution in [0.5, 0.6) is 6.01 Å². The second-order valence-corrected chi connectivity index (χ2v) is 10.7. The minimum atomic E-state index is -4.65. The van der Waals surface area contributed by atoms with E-state index < -0.39 is 41.9 Å². The highest BCUT2D eigenvalue weighted by Crippen LogP contribution is 2.28. The van der Waals surface area contributed by atoms with Gasteiger partial charge in [0.25, 0.3) is 0 Å². The van der Waals surface area contributed by atoms with Crippen molar-refractivity contribution in [2.24, 2.45) is 5.73 Å². The Morgan fingerprint density at radius 2 is 1.10 bits per heavy atom. The average molecular weight is 745 g/mol. The summed E-state index contributed by atoms with van der Waals surface area (Å²) < 4.78 is 82.8. The highest BCUT2D eigenvalue weighted by Gasteiger charge is 2.36. The van der Waals surface area contributed by atoms with Crippen LogP contribution in [0, 0.1) is 0 Å². The van der Waals surface area contributed by atoms with Gasteiger partial charge in [0, 0.05) is 26.3 Å². The largest absolute Gasteiger partial charge is 0.467 e. The second kappa shape index (κ2) is 24.4. The molecule has 2 unspecified atom stereocenters. The van der Waals surface area contributed by atoms with E-state index in [0.717, 1.165) is 45.6 Å². The molecule has 0 aliphatic heterocycles. The third-order valence-electron chi connectivity index (χ3n) is 6.60. The zero-order valence-electron chi connectivity index (χ0n) is 29.2. The number of benzene rings is 2. The molecular formula is C34H50F6N10O2. The summed E-state index contributed by atoms with van der Waals surface area (Å²) >= 11 is 0. The number of aryl methyl sites for hydroxylation is 2. The number of hydrogen-bond donors (Lipinski definition) is 4. The highest BCUT2D eigenvalue weighted by molar-refractivity contribution is 5.33. The number of nitrogen functional groups attached to an aromatic ring is 2. The van der Waals surface area contributed by atoms with Gasteiger partial charge in [-0.25, -0.2) is 0 Å². The molecule has 0 radical (unpaired) electrons. The number of aromatic nitrogens is 6. The lowest BCUT2D eigenvalue weighted by atomic mass is 10.0. The lowest BCUT2D eigenvalue weighted by Crippen LogP contribution is -2.23. The van der Waals surface area contributed by atoms with E-state index in [0.29, 0.717) is 6.04 Å². The van der Waals surface area contributed by atoms with Crippen LogP contribution in [0.2, 0.25) is 0 Å². The summed E-state index contributed by atoms with van der Waals surface area (Å²) in [5.74, 6) is -3.78. The zero-order chi connectivity index (χ0) is 38.5. The predicted octanol–water partition coefficient (Wildman–Crippen LogP) is 7.03. The first-order valence-corrected chi connectivity index (χ1v) is 15.8. The highest BCUT2D eigenvalue weighted by atomic mass is 19.4. The van der Waals surface area contributed by atoms with E-state index in [1.165, 1.54) is 11.1 Å². The molecule has 0 amide bonds. The maximum Gasteiger partial charge on any atom is 0.451 e. The minimum Gasteiger partial charge on any atom is -0.467 e. The van der Waals surface area contributed by atoms with Gasteiger partial charge in [-0.15, -0.1) is 0 Å². The molecule has 0 bridgehead atoms. The maximum atomic E-state index is 12.7. The standard InChI is InChI=1S/C15H18F3N5.C11H17N.C5H5F3N4O.C2H6O.CH4/c1-2-11(9-8-10-6-4-3-5-7-10)20-14-22-12(15(16,17)18)21-13(19)23-14;1-2-11(12)9-8-10-6-4-3-5-7-10;1-13-4-11-2(5(6,7)8)10-3(9)12-4;1-3-2;/h3-7,11H,2,8-9H2,1H3,(H3,19,20,21,22,23);3-7,11H,2,8-9,12H2,1H3;1H3,(H2,9,10,11,12);1-2H3;1H4. The molecule has 0 aliphatic carbocycles. The van der Waals surface area contributed by atoms with E-state index in [-0.39, 0.29) is 19.4 Å². The van der Waals surface area contributed by atoms with Crippen LogP contribution in [0.25, 0.3) is 0 Å². The molecule has 18 heteroatoms. The number of anilines is 3. The molecule has 2 heterocycles. The van der Waals surface area contributed by atoms with Crippen molar-refractivity contribution in [2.45, 2.75) is 84.2 Å². The Balaban J connectivity index is 0.000000766. The number of ether oxygens (including phenoxy) is 2. The molecular weight excluding hydrogens is 694 g/mol. The number of hydrogen-bond acceptors (Lipinski definition) is 12. The lowest BCUT2D eigenvalue weighted by molar-refractivity contribution is -0.145. The molecule has 7 N–H and O–H groups in total. The van der Waals surface area contributed by atoms with Gasteiger partial charge in [-0.3, -0.25) is 0 Å². The third kappa shape index (κ3) is 19.5. The van der Waals surface area contributed by atoms with Gasteiger partial charge in [0.15, 0.2) is 0 Å². The molecule has 0 saturated carbocycles. The van der Waals surface area contributed by atoms with Crippen molar-refractivity contribution in [1.82, 2.24) is 29.9 Å². The SMILES string of the molecule is C.CCC(CCc1ccccc1)Nc1nc(N)nc(C(F)(F)F)n1.CCC(N)CCc1ccccc1.COC.COc1nc(N)nc(C(F)(F)F)n1. The number of nitrogens with one attached hydrogen (secondary N) is 1. The molecule has 0 fully saturated rings. The summed E-state index contributed by atoms with van der Waals surface area (Å²) in [5, 5.41) is 2.91. The Kier molecular flexibility index (Phi) is 22.1. The van der Waals surface area contributed by atoms with Gasteiger partial charge in [0.2, 0.25) is 29.5 Å². The van der Waals surface area contributed by atoms with Gasteiger partial charge in [-0.2, -0.15) is 56.2 Å². The van der Waals surface area contributed by atoms with Crippen molar-refractivity contribution < 1.29 is 35.8 Å². The van der Waals surface area contributed by atoms with Gasteiger partial charge >= 0.3 is 18.4 Å². The molecule has 290 valence electrons. The number of rotatable bonds is 11. The van der Waals surface area contributed by atoms with Crippen LogP contribution in [0.1, 0.15) is 69.7 Å². The molecule has 2 aromatic carbocycles. The average Bonchev–Trinajstić information content (AvgIpc) is 3.09. The normalized spacial score (nSPS) is 11.8. The van der Waals surface area contributed by atoms with Crippen molar-refractivity contribution in [3.63, 3.8) is 0 Å². The smallest absolute Gasteiger partial charge is 0.451 e. The number of alkyl halides is 6. The Morgan fingerprint density at radius 1 is 0.654 bits per heavy atom. The molecule has 0 aliphatic rings. The summed E-state index contributed by atoms with van der Waals surface area (Å²) in [4.78, 5) is 19.4. The molecule has 2 atom stereocenters. The maximum absolute atomic E-state index is 12.7. The van der Waals surface area contributed by atoms with Crippen LogP contribution in [0.4, 0.5) is 44.2 Å². The van der Waals surface area contributed by atoms with Crippen molar-refractivity contribution in [2.75, 3.05) is 38.1 Å². The summed E-state index contributed by atoms with van der Waals surface area (Å²) in [6.45, 7) is 4.08. The summed E-state index contributed by atoms with van der Waals surface area (Å²) in [6.07, 6.45) is -3.75. The molecule has 0 saturated heterocycles. The van der Waals surface area contributed by atoms with Crippen LogP contribution >= 0.6 is 0 Å². The van der Waals surface area contributed by atoms with E-state index in [1.54, 1.807) is 14.2 Å². The first-order chi connectivity index (χ1) is 24.1. The number of nitrogens with two attached hydrogens (primary N) is 3. The molecule has 4 rings (SSSR count).